The highest BCUT2D eigenvalue weighted by Gasteiger charge is 2.21. The van der Waals surface area contributed by atoms with Crippen molar-refractivity contribution < 1.29 is 20.1 Å². The molecule has 1 atom stereocenters. The zero-order valence-corrected chi connectivity index (χ0v) is 21.2. The predicted molar refractivity (Wildman–Crippen MR) is 139 cm³/mol. The lowest BCUT2D eigenvalue weighted by Crippen LogP contribution is -2.43. The van der Waals surface area contributed by atoms with Crippen molar-refractivity contribution in [1.29, 1.82) is 0 Å². The summed E-state index contributed by atoms with van der Waals surface area (Å²) in [6.45, 7) is 5.02. The van der Waals surface area contributed by atoms with Crippen LogP contribution in [-0.2, 0) is 24.2 Å². The number of rotatable bonds is 11. The highest BCUT2D eigenvalue weighted by atomic mass is 16.3. The molecule has 6 heteroatoms. The van der Waals surface area contributed by atoms with E-state index in [1.54, 1.807) is 12.1 Å². The van der Waals surface area contributed by atoms with E-state index < -0.39 is 6.10 Å². The quantitative estimate of drug-likeness (QED) is 0.310. The lowest BCUT2D eigenvalue weighted by Gasteiger charge is -2.28. The second-order valence-corrected chi connectivity index (χ2v) is 10.7. The van der Waals surface area contributed by atoms with Crippen molar-refractivity contribution in [2.45, 2.75) is 83.5 Å². The number of hydrogen-bond acceptors (Lipinski definition) is 5. The van der Waals surface area contributed by atoms with Gasteiger partial charge in [0.25, 0.3) is 0 Å². The van der Waals surface area contributed by atoms with Crippen LogP contribution >= 0.6 is 0 Å². The Bertz CT molecular complexity index is 951. The van der Waals surface area contributed by atoms with E-state index in [0.29, 0.717) is 30.0 Å². The van der Waals surface area contributed by atoms with Crippen LogP contribution in [-0.4, -0.2) is 39.9 Å². The molecule has 1 amide bonds. The molecule has 0 bridgehead atoms. The van der Waals surface area contributed by atoms with Gasteiger partial charge in [-0.25, -0.2) is 0 Å². The van der Waals surface area contributed by atoms with Gasteiger partial charge >= 0.3 is 0 Å². The molecular formula is C29H42N2O4. The number of aliphatic hydroxyl groups is 2. The molecule has 0 spiro atoms. The fourth-order valence-electron chi connectivity index (χ4n) is 4.93. The number of aromatic hydroxyl groups is 1. The lowest BCUT2D eigenvalue weighted by molar-refractivity contribution is -0.120. The van der Waals surface area contributed by atoms with Gasteiger partial charge < -0.3 is 26.0 Å². The number of benzene rings is 2. The van der Waals surface area contributed by atoms with Gasteiger partial charge in [-0.3, -0.25) is 4.79 Å². The van der Waals surface area contributed by atoms with Gasteiger partial charge in [0.1, 0.15) is 5.75 Å². The van der Waals surface area contributed by atoms with Crippen LogP contribution in [0.3, 0.4) is 0 Å². The predicted octanol–water partition coefficient (Wildman–Crippen LogP) is 4.16. The molecule has 0 saturated heterocycles. The Labute approximate surface area is 209 Å². The van der Waals surface area contributed by atoms with E-state index in [0.717, 1.165) is 24.1 Å². The molecule has 6 nitrogen and oxygen atoms in total. The molecule has 0 aromatic heterocycles. The topological polar surface area (TPSA) is 102 Å². The average Bonchev–Trinajstić information content (AvgIpc) is 3.10. The first-order valence-electron chi connectivity index (χ1n) is 13.0. The van der Waals surface area contributed by atoms with Crippen molar-refractivity contribution in [1.82, 2.24) is 10.6 Å². The Balaban J connectivity index is 1.49. The van der Waals surface area contributed by atoms with Gasteiger partial charge in [0.15, 0.2) is 0 Å². The normalized spacial score (nSPS) is 16.0. The first-order chi connectivity index (χ1) is 16.8. The summed E-state index contributed by atoms with van der Waals surface area (Å²) in [6, 6.07) is 13.0. The molecule has 0 radical (unpaired) electrons. The van der Waals surface area contributed by atoms with E-state index in [9.17, 15) is 20.1 Å². The Morgan fingerprint density at radius 1 is 1.06 bits per heavy atom. The molecule has 2 aromatic carbocycles. The summed E-state index contributed by atoms with van der Waals surface area (Å²) in [6.07, 6.45) is 8.03. The first-order valence-corrected chi connectivity index (χ1v) is 13.0. The summed E-state index contributed by atoms with van der Waals surface area (Å²) in [7, 11) is 0. The van der Waals surface area contributed by atoms with Crippen molar-refractivity contribution in [2.24, 2.45) is 5.92 Å². The summed E-state index contributed by atoms with van der Waals surface area (Å²) >= 11 is 0. The van der Waals surface area contributed by atoms with Crippen LogP contribution in [0, 0.1) is 5.92 Å². The maximum Gasteiger partial charge on any atom is 0.224 e. The van der Waals surface area contributed by atoms with Gasteiger partial charge in [-0.15, -0.1) is 0 Å². The average molecular weight is 483 g/mol. The Morgan fingerprint density at radius 3 is 2.49 bits per heavy atom. The minimum Gasteiger partial charge on any atom is -0.508 e. The van der Waals surface area contributed by atoms with Gasteiger partial charge in [0.2, 0.25) is 5.91 Å². The third-order valence-electron chi connectivity index (χ3n) is 7.00. The van der Waals surface area contributed by atoms with Crippen LogP contribution < -0.4 is 10.6 Å². The zero-order valence-electron chi connectivity index (χ0n) is 21.2. The fraction of sp³-hybridized carbons (Fsp3) is 0.552. The van der Waals surface area contributed by atoms with E-state index in [4.69, 9.17) is 0 Å². The smallest absolute Gasteiger partial charge is 0.224 e. The number of carbonyl (C=O) groups is 1. The molecule has 1 aliphatic rings. The second kappa shape index (κ2) is 13.1. The Kier molecular flexibility index (Phi) is 10.1. The third-order valence-corrected chi connectivity index (χ3v) is 7.00. The summed E-state index contributed by atoms with van der Waals surface area (Å²) in [5.41, 5.74) is 2.91. The molecule has 192 valence electrons. The van der Waals surface area contributed by atoms with Gasteiger partial charge in [-0.05, 0) is 67.9 Å². The summed E-state index contributed by atoms with van der Waals surface area (Å²) in [5, 5.41) is 36.2. The van der Waals surface area contributed by atoms with Crippen LogP contribution in [0.1, 0.15) is 80.7 Å². The molecular weight excluding hydrogens is 440 g/mol. The molecule has 5 N–H and O–H groups in total. The number of aliphatic hydroxyl groups excluding tert-OH is 2. The maximum absolute atomic E-state index is 12.5. The van der Waals surface area contributed by atoms with Crippen LogP contribution in [0.4, 0.5) is 0 Å². The summed E-state index contributed by atoms with van der Waals surface area (Å²) < 4.78 is 0. The highest BCUT2D eigenvalue weighted by Crippen LogP contribution is 2.24. The molecule has 0 heterocycles. The molecule has 2 aromatic rings. The van der Waals surface area contributed by atoms with Crippen LogP contribution in [0.2, 0.25) is 0 Å². The van der Waals surface area contributed by atoms with Crippen LogP contribution in [0.5, 0.6) is 5.75 Å². The number of phenols is 1. The van der Waals surface area contributed by atoms with E-state index in [1.807, 2.05) is 12.1 Å². The molecule has 35 heavy (non-hydrogen) atoms. The van der Waals surface area contributed by atoms with Crippen molar-refractivity contribution >= 4 is 5.91 Å². The first kappa shape index (κ1) is 27.2. The maximum atomic E-state index is 12.5. The monoisotopic (exact) mass is 482 g/mol. The Morgan fingerprint density at radius 2 is 1.77 bits per heavy atom. The minimum atomic E-state index is -0.760. The van der Waals surface area contributed by atoms with Gasteiger partial charge in [-0.1, -0.05) is 56.0 Å². The van der Waals surface area contributed by atoms with Gasteiger partial charge in [0.05, 0.1) is 19.1 Å². The SMILES string of the molecule is CC(C)(Cc1cccc(CC(=O)NCC2CCCCCC2)c1)NC[C@H](O)c1ccc(O)c(CO)c1. The van der Waals surface area contributed by atoms with E-state index in [2.05, 4.69) is 36.6 Å². The lowest BCUT2D eigenvalue weighted by atomic mass is 9.93. The second-order valence-electron chi connectivity index (χ2n) is 10.7. The standard InChI is InChI=1S/C29H42N2O4/c1-29(2,31-19-27(34)24-12-13-26(33)25(16-24)20-32)17-23-11-7-10-22(14-23)15-28(35)30-18-21-8-5-3-4-6-9-21/h7,10-14,16,21,27,31-34H,3-6,8-9,15,17-20H2,1-2H3,(H,30,35)/t27-/m0/s1. The van der Waals surface area contributed by atoms with Gasteiger partial charge in [0, 0.05) is 24.2 Å². The molecule has 0 aliphatic heterocycles. The van der Waals surface area contributed by atoms with E-state index in [-0.39, 0.29) is 23.8 Å². The number of nitrogens with one attached hydrogen (secondary N) is 2. The molecule has 1 aliphatic carbocycles. The molecule has 1 saturated carbocycles. The fourth-order valence-corrected chi connectivity index (χ4v) is 4.93. The van der Waals surface area contributed by atoms with Crippen molar-refractivity contribution in [3.05, 3.63) is 64.7 Å². The third kappa shape index (κ3) is 8.95. The van der Waals surface area contributed by atoms with Crippen LogP contribution in [0.15, 0.2) is 42.5 Å². The largest absolute Gasteiger partial charge is 0.508 e. The number of amides is 1. The minimum absolute atomic E-state index is 0.0229. The summed E-state index contributed by atoms with van der Waals surface area (Å²) in [4.78, 5) is 12.5. The van der Waals surface area contributed by atoms with Crippen LogP contribution in [0.25, 0.3) is 0 Å². The Hall–Kier alpha value is -2.41. The number of carbonyl (C=O) groups excluding carboxylic acids is 1. The molecule has 3 rings (SSSR count). The van der Waals surface area contributed by atoms with E-state index in [1.165, 1.54) is 44.6 Å². The molecule has 0 unspecified atom stereocenters. The van der Waals surface area contributed by atoms with Crippen molar-refractivity contribution in [3.63, 3.8) is 0 Å². The number of hydrogen-bond donors (Lipinski definition) is 5. The van der Waals surface area contributed by atoms with E-state index >= 15 is 0 Å². The number of β-amino-alcohol motifs (C(OH)–C–C–N with tert-alkyl or cyclic N) is 1. The summed E-state index contributed by atoms with van der Waals surface area (Å²) in [5.74, 6) is 0.726. The van der Waals surface area contributed by atoms with Gasteiger partial charge in [-0.2, -0.15) is 0 Å². The van der Waals surface area contributed by atoms with Crippen molar-refractivity contribution in [2.75, 3.05) is 13.1 Å². The highest BCUT2D eigenvalue weighted by molar-refractivity contribution is 5.78. The van der Waals surface area contributed by atoms with Crippen molar-refractivity contribution in [3.8, 4) is 5.75 Å². The molecule has 1 fully saturated rings. The zero-order chi connectivity index (χ0) is 25.3.